The van der Waals surface area contributed by atoms with Crippen molar-refractivity contribution < 1.29 is 31.8 Å². The van der Waals surface area contributed by atoms with Crippen LogP contribution in [0.2, 0.25) is 0 Å². The van der Waals surface area contributed by atoms with E-state index in [1.165, 1.54) is 29.0 Å². The highest BCUT2D eigenvalue weighted by Crippen LogP contribution is 2.36. The first-order chi connectivity index (χ1) is 16.2. The van der Waals surface area contributed by atoms with E-state index in [-0.39, 0.29) is 29.2 Å². The number of rotatable bonds is 7. The van der Waals surface area contributed by atoms with Gasteiger partial charge in [0.2, 0.25) is 0 Å². The van der Waals surface area contributed by atoms with Gasteiger partial charge in [0.15, 0.2) is 0 Å². The molecule has 1 saturated heterocycles. The molecular weight excluding hydrogens is 457 g/mol. The van der Waals surface area contributed by atoms with Crippen LogP contribution in [-0.2, 0) is 17.8 Å². The van der Waals surface area contributed by atoms with Gasteiger partial charge in [-0.15, -0.1) is 13.2 Å². The number of aromatic nitrogens is 1. The molecule has 0 spiro atoms. The summed E-state index contributed by atoms with van der Waals surface area (Å²) in [6.07, 6.45) is -3.28. The summed E-state index contributed by atoms with van der Waals surface area (Å²) in [6, 6.07) is 9.14. The van der Waals surface area contributed by atoms with Crippen molar-refractivity contribution in [2.24, 2.45) is 5.73 Å². The Morgan fingerprint density at radius 3 is 2.50 bits per heavy atom. The number of alkyl halides is 3. The van der Waals surface area contributed by atoms with E-state index in [2.05, 4.69) is 4.74 Å². The first kappa shape index (κ1) is 24.6. The van der Waals surface area contributed by atoms with E-state index in [4.69, 9.17) is 5.73 Å². The summed E-state index contributed by atoms with van der Waals surface area (Å²) in [6.45, 7) is 0.393. The molecule has 1 aromatic heterocycles. The highest BCUT2D eigenvalue weighted by Gasteiger charge is 2.31. The maximum atomic E-state index is 14.7. The van der Waals surface area contributed by atoms with Crippen LogP contribution in [0.3, 0.4) is 0 Å². The molecule has 184 valence electrons. The Morgan fingerprint density at radius 1 is 1.09 bits per heavy atom. The maximum absolute atomic E-state index is 14.7. The summed E-state index contributed by atoms with van der Waals surface area (Å²) in [5.41, 5.74) is 7.77. The fourth-order valence-corrected chi connectivity index (χ4v) is 4.67. The summed E-state index contributed by atoms with van der Waals surface area (Å²) in [5, 5.41) is 11.2. The fourth-order valence-electron chi connectivity index (χ4n) is 4.67. The molecular formula is C24H26F5N3O2. The quantitative estimate of drug-likeness (QED) is 0.475. The molecule has 34 heavy (non-hydrogen) atoms. The number of likely N-dealkylation sites (tertiary alicyclic amines) is 1. The highest BCUT2D eigenvalue weighted by atomic mass is 19.4. The Balaban J connectivity index is 1.52. The smallest absolute Gasteiger partial charge is 0.374 e. The zero-order valence-electron chi connectivity index (χ0n) is 18.4. The molecule has 1 aliphatic rings. The van der Waals surface area contributed by atoms with Gasteiger partial charge in [-0.05, 0) is 48.1 Å². The molecule has 3 N–H and O–H groups in total. The molecule has 3 aromatic rings. The Bertz CT molecular complexity index is 1140. The third-order valence-electron chi connectivity index (χ3n) is 6.37. The van der Waals surface area contributed by atoms with Gasteiger partial charge in [-0.25, -0.2) is 8.78 Å². The van der Waals surface area contributed by atoms with Crippen molar-refractivity contribution in [3.05, 3.63) is 70.9 Å². The van der Waals surface area contributed by atoms with Crippen LogP contribution < -0.4 is 5.73 Å². The van der Waals surface area contributed by atoms with Crippen LogP contribution in [0.1, 0.15) is 41.7 Å². The molecule has 4 rings (SSSR count). The molecule has 1 atom stereocenters. The second-order valence-corrected chi connectivity index (χ2v) is 8.45. The number of hydrogen-bond donors (Lipinski definition) is 2. The SMILES string of the molecule is NCc1ccc(F)c(C2CCN(C(O)c3cn(CCOC(F)(F)F)c4cccc(F)c34)CC2)c1. The molecule has 10 heteroatoms. The largest absolute Gasteiger partial charge is 0.522 e. The van der Waals surface area contributed by atoms with Crippen molar-refractivity contribution in [2.45, 2.75) is 44.4 Å². The van der Waals surface area contributed by atoms with E-state index in [1.807, 2.05) is 0 Å². The minimum atomic E-state index is -4.76. The molecule has 5 nitrogen and oxygen atoms in total. The normalized spacial score (nSPS) is 16.9. The number of benzene rings is 2. The van der Waals surface area contributed by atoms with Crippen LogP contribution in [0.5, 0.6) is 0 Å². The summed E-state index contributed by atoms with van der Waals surface area (Å²) >= 11 is 0. The van der Waals surface area contributed by atoms with Crippen LogP contribution in [0, 0.1) is 11.6 Å². The van der Waals surface area contributed by atoms with Crippen LogP contribution in [-0.4, -0.2) is 40.6 Å². The van der Waals surface area contributed by atoms with E-state index >= 15 is 0 Å². The molecule has 0 bridgehead atoms. The minimum Gasteiger partial charge on any atom is -0.374 e. The number of piperidine rings is 1. The Labute approximate surface area is 193 Å². The van der Waals surface area contributed by atoms with Gasteiger partial charge >= 0.3 is 6.36 Å². The lowest BCUT2D eigenvalue weighted by molar-refractivity contribution is -0.325. The summed E-state index contributed by atoms with van der Waals surface area (Å²) in [4.78, 5) is 1.76. The molecule has 1 aliphatic heterocycles. The second kappa shape index (κ2) is 9.99. The fraction of sp³-hybridized carbons (Fsp3) is 0.417. The van der Waals surface area contributed by atoms with Gasteiger partial charge in [0.05, 0.1) is 12.1 Å². The average Bonchev–Trinajstić information content (AvgIpc) is 3.18. The minimum absolute atomic E-state index is 0.0347. The lowest BCUT2D eigenvalue weighted by atomic mass is 9.88. The van der Waals surface area contributed by atoms with Gasteiger partial charge in [0.1, 0.15) is 17.9 Å². The Morgan fingerprint density at radius 2 is 1.82 bits per heavy atom. The van der Waals surface area contributed by atoms with Crippen LogP contribution in [0.4, 0.5) is 22.0 Å². The van der Waals surface area contributed by atoms with Gasteiger partial charge in [-0.2, -0.15) is 0 Å². The number of ether oxygens (including phenoxy) is 1. The Hall–Kier alpha value is -2.53. The molecule has 0 radical (unpaired) electrons. The number of aliphatic hydroxyl groups excluding tert-OH is 1. The molecule has 1 unspecified atom stereocenters. The van der Waals surface area contributed by atoms with E-state index in [1.54, 1.807) is 23.1 Å². The molecule has 0 amide bonds. The lowest BCUT2D eigenvalue weighted by Gasteiger charge is -2.35. The van der Waals surface area contributed by atoms with Crippen molar-refractivity contribution in [3.8, 4) is 0 Å². The van der Waals surface area contributed by atoms with Gasteiger partial charge in [0, 0.05) is 43.3 Å². The predicted molar refractivity (Wildman–Crippen MR) is 117 cm³/mol. The van der Waals surface area contributed by atoms with E-state index in [9.17, 15) is 27.1 Å². The maximum Gasteiger partial charge on any atom is 0.522 e. The third-order valence-corrected chi connectivity index (χ3v) is 6.37. The van der Waals surface area contributed by atoms with Crippen LogP contribution in [0.25, 0.3) is 10.9 Å². The molecule has 1 fully saturated rings. The molecule has 2 aromatic carbocycles. The third kappa shape index (κ3) is 5.25. The predicted octanol–water partition coefficient (Wildman–Crippen LogP) is 4.79. The van der Waals surface area contributed by atoms with E-state index < -0.39 is 25.0 Å². The zero-order valence-corrected chi connectivity index (χ0v) is 18.4. The van der Waals surface area contributed by atoms with E-state index in [0.29, 0.717) is 43.6 Å². The summed E-state index contributed by atoms with van der Waals surface area (Å²) in [7, 11) is 0. The number of nitrogens with zero attached hydrogens (tertiary/aromatic N) is 2. The lowest BCUT2D eigenvalue weighted by Crippen LogP contribution is -2.36. The Kier molecular flexibility index (Phi) is 7.22. The molecule has 2 heterocycles. The van der Waals surface area contributed by atoms with Crippen molar-refractivity contribution in [1.29, 1.82) is 0 Å². The van der Waals surface area contributed by atoms with Gasteiger partial charge in [-0.3, -0.25) is 9.64 Å². The summed E-state index contributed by atoms with van der Waals surface area (Å²) in [5.74, 6) is -0.896. The van der Waals surface area contributed by atoms with Crippen LogP contribution >= 0.6 is 0 Å². The number of hydrogen-bond acceptors (Lipinski definition) is 4. The van der Waals surface area contributed by atoms with Gasteiger partial charge in [0.25, 0.3) is 0 Å². The first-order valence-corrected chi connectivity index (χ1v) is 11.1. The number of nitrogens with two attached hydrogens (primary N) is 1. The number of halogens is 5. The highest BCUT2D eigenvalue weighted by molar-refractivity contribution is 5.85. The molecule has 0 saturated carbocycles. The van der Waals surface area contributed by atoms with Crippen molar-refractivity contribution in [2.75, 3.05) is 19.7 Å². The topological polar surface area (TPSA) is 63.6 Å². The first-order valence-electron chi connectivity index (χ1n) is 11.1. The molecule has 0 aliphatic carbocycles. The number of aliphatic hydroxyl groups is 1. The second-order valence-electron chi connectivity index (χ2n) is 8.45. The summed E-state index contributed by atoms with van der Waals surface area (Å²) < 4.78 is 71.5. The number of fused-ring (bicyclic) bond motifs is 1. The average molecular weight is 483 g/mol. The van der Waals surface area contributed by atoms with Crippen molar-refractivity contribution in [1.82, 2.24) is 9.47 Å². The van der Waals surface area contributed by atoms with Crippen molar-refractivity contribution in [3.63, 3.8) is 0 Å². The van der Waals surface area contributed by atoms with E-state index in [0.717, 1.165) is 5.56 Å². The van der Waals surface area contributed by atoms with Gasteiger partial charge in [-0.1, -0.05) is 18.2 Å². The van der Waals surface area contributed by atoms with Gasteiger partial charge < -0.3 is 15.4 Å². The van der Waals surface area contributed by atoms with Crippen molar-refractivity contribution >= 4 is 10.9 Å². The standard InChI is InChI=1S/C24H26F5N3O2/c25-19-5-4-15(13-30)12-17(19)16-6-8-31(9-7-16)23(33)18-14-32(10-11-34-24(27,28)29)21-3-1-2-20(26)22(18)21/h1-5,12,14,16,23,33H,6-11,13,30H2. The monoisotopic (exact) mass is 483 g/mol. The zero-order chi connectivity index (χ0) is 24.5. The van der Waals surface area contributed by atoms with Crippen LogP contribution in [0.15, 0.2) is 42.6 Å².